The van der Waals surface area contributed by atoms with Crippen molar-refractivity contribution in [2.24, 2.45) is 0 Å². The summed E-state index contributed by atoms with van der Waals surface area (Å²) < 4.78 is 5.76. The fourth-order valence-corrected chi connectivity index (χ4v) is 2.42. The molecule has 5 heteroatoms. The van der Waals surface area contributed by atoms with Gasteiger partial charge < -0.3 is 15.4 Å². The van der Waals surface area contributed by atoms with Crippen molar-refractivity contribution in [3.8, 4) is 5.75 Å². The molecule has 1 amide bonds. The second-order valence-corrected chi connectivity index (χ2v) is 6.23. The number of hydrogen-bond donors (Lipinski definition) is 2. The highest BCUT2D eigenvalue weighted by Gasteiger charge is 2.23. The summed E-state index contributed by atoms with van der Waals surface area (Å²) in [6.07, 6.45) is 5.08. The summed E-state index contributed by atoms with van der Waals surface area (Å²) in [6.45, 7) is 1.12. The van der Waals surface area contributed by atoms with Gasteiger partial charge in [0.05, 0.1) is 18.1 Å². The number of hydrogen-bond acceptors (Lipinski definition) is 3. The van der Waals surface area contributed by atoms with Crippen LogP contribution in [0.1, 0.15) is 37.7 Å². The first-order valence-electron chi connectivity index (χ1n) is 7.65. The summed E-state index contributed by atoms with van der Waals surface area (Å²) in [4.78, 5) is 11.6. The minimum absolute atomic E-state index is 0.0576. The van der Waals surface area contributed by atoms with Crippen LogP contribution in [0, 0.1) is 0 Å². The van der Waals surface area contributed by atoms with Crippen LogP contribution < -0.4 is 15.4 Å². The Labute approximate surface area is 130 Å². The Bertz CT molecular complexity index is 513. The summed E-state index contributed by atoms with van der Waals surface area (Å²) in [6, 6.07) is 6.80. The Hall–Kier alpha value is -1.26. The Morgan fingerprint density at radius 1 is 1.24 bits per heavy atom. The minimum atomic E-state index is 0.0576. The van der Waals surface area contributed by atoms with E-state index < -0.39 is 0 Å². The molecule has 21 heavy (non-hydrogen) atoms. The fraction of sp³-hybridized carbons (Fsp3) is 0.562. The van der Waals surface area contributed by atoms with E-state index in [2.05, 4.69) is 10.6 Å². The van der Waals surface area contributed by atoms with Crippen LogP contribution in [0.15, 0.2) is 18.2 Å². The Balaban J connectivity index is 1.50. The molecule has 0 heterocycles. The number of benzene rings is 1. The standard InChI is InChI=1S/C16H21ClN2O2/c17-14-3-1-2-11(10-18-12-4-5-12)16(14)21-9-8-15(20)19-13-6-7-13/h1-3,12-13,18H,4-10H2,(H,19,20). The van der Waals surface area contributed by atoms with Crippen molar-refractivity contribution in [3.63, 3.8) is 0 Å². The molecule has 0 radical (unpaired) electrons. The highest BCUT2D eigenvalue weighted by Crippen LogP contribution is 2.30. The molecule has 1 aromatic rings. The SMILES string of the molecule is O=C(CCOc1c(Cl)cccc1CNC1CC1)NC1CC1. The van der Waals surface area contributed by atoms with E-state index in [1.54, 1.807) is 0 Å². The first-order valence-corrected chi connectivity index (χ1v) is 8.03. The van der Waals surface area contributed by atoms with E-state index in [0.717, 1.165) is 24.9 Å². The van der Waals surface area contributed by atoms with Crippen molar-refractivity contribution in [2.45, 2.75) is 50.7 Å². The van der Waals surface area contributed by atoms with Gasteiger partial charge >= 0.3 is 0 Å². The molecule has 4 nitrogen and oxygen atoms in total. The van der Waals surface area contributed by atoms with Gasteiger partial charge in [0, 0.05) is 24.2 Å². The van der Waals surface area contributed by atoms with Crippen molar-refractivity contribution < 1.29 is 9.53 Å². The maximum absolute atomic E-state index is 11.6. The lowest BCUT2D eigenvalue weighted by Gasteiger charge is -2.13. The van der Waals surface area contributed by atoms with E-state index >= 15 is 0 Å². The lowest BCUT2D eigenvalue weighted by molar-refractivity contribution is -0.121. The second-order valence-electron chi connectivity index (χ2n) is 5.82. The number of rotatable bonds is 8. The normalized spacial score (nSPS) is 17.6. The Kier molecular flexibility index (Phi) is 4.66. The maximum Gasteiger partial charge on any atom is 0.223 e. The molecule has 0 saturated heterocycles. The van der Waals surface area contributed by atoms with Crippen molar-refractivity contribution in [2.75, 3.05) is 6.61 Å². The van der Waals surface area contributed by atoms with Crippen molar-refractivity contribution in [1.82, 2.24) is 10.6 Å². The summed E-state index contributed by atoms with van der Waals surface area (Å²) in [5, 5.41) is 7.01. The zero-order valence-corrected chi connectivity index (χ0v) is 12.8. The average Bonchev–Trinajstić information content (AvgIpc) is 3.33. The summed E-state index contributed by atoms with van der Waals surface area (Å²) >= 11 is 6.22. The van der Waals surface area contributed by atoms with Crippen LogP contribution in [0.4, 0.5) is 0 Å². The Morgan fingerprint density at radius 3 is 2.71 bits per heavy atom. The topological polar surface area (TPSA) is 50.4 Å². The summed E-state index contributed by atoms with van der Waals surface area (Å²) in [5.74, 6) is 0.758. The summed E-state index contributed by atoms with van der Waals surface area (Å²) in [7, 11) is 0. The highest BCUT2D eigenvalue weighted by atomic mass is 35.5. The van der Waals surface area contributed by atoms with Gasteiger partial charge in [-0.3, -0.25) is 4.79 Å². The van der Waals surface area contributed by atoms with E-state index in [1.807, 2.05) is 18.2 Å². The molecular formula is C16H21ClN2O2. The van der Waals surface area contributed by atoms with Crippen molar-refractivity contribution in [3.05, 3.63) is 28.8 Å². The van der Waals surface area contributed by atoms with Gasteiger partial charge in [-0.25, -0.2) is 0 Å². The predicted octanol–water partition coefficient (Wildman–Crippen LogP) is 2.64. The first-order chi connectivity index (χ1) is 10.2. The van der Waals surface area contributed by atoms with E-state index in [-0.39, 0.29) is 5.91 Å². The molecule has 2 aliphatic rings. The average molecular weight is 309 g/mol. The number of carbonyl (C=O) groups is 1. The van der Waals surface area contributed by atoms with Crippen LogP contribution in [0.3, 0.4) is 0 Å². The van der Waals surface area contributed by atoms with Gasteiger partial charge in [-0.2, -0.15) is 0 Å². The smallest absolute Gasteiger partial charge is 0.223 e. The molecule has 0 unspecified atom stereocenters. The zero-order chi connectivity index (χ0) is 14.7. The number of para-hydroxylation sites is 1. The third kappa shape index (κ3) is 4.61. The fourth-order valence-electron chi connectivity index (χ4n) is 2.17. The van der Waals surface area contributed by atoms with Crippen LogP contribution >= 0.6 is 11.6 Å². The van der Waals surface area contributed by atoms with Crippen LogP contribution in [0.5, 0.6) is 5.75 Å². The number of carbonyl (C=O) groups excluding carboxylic acids is 1. The van der Waals surface area contributed by atoms with E-state index in [0.29, 0.717) is 35.9 Å². The zero-order valence-electron chi connectivity index (χ0n) is 12.0. The predicted molar refractivity (Wildman–Crippen MR) is 82.6 cm³/mol. The van der Waals surface area contributed by atoms with E-state index in [9.17, 15) is 4.79 Å². The van der Waals surface area contributed by atoms with Gasteiger partial charge in [0.2, 0.25) is 5.91 Å². The van der Waals surface area contributed by atoms with E-state index in [4.69, 9.17) is 16.3 Å². The quantitative estimate of drug-likeness (QED) is 0.776. The molecule has 2 fully saturated rings. The van der Waals surface area contributed by atoms with Gasteiger partial charge in [-0.15, -0.1) is 0 Å². The van der Waals surface area contributed by atoms with Gasteiger partial charge in [0.15, 0.2) is 0 Å². The van der Waals surface area contributed by atoms with Crippen molar-refractivity contribution in [1.29, 1.82) is 0 Å². The third-order valence-electron chi connectivity index (χ3n) is 3.73. The molecule has 0 atom stereocenters. The van der Waals surface area contributed by atoms with Gasteiger partial charge in [0.25, 0.3) is 0 Å². The van der Waals surface area contributed by atoms with E-state index in [1.165, 1.54) is 12.8 Å². The Morgan fingerprint density at radius 2 is 2.00 bits per heavy atom. The number of nitrogens with one attached hydrogen (secondary N) is 2. The molecule has 0 spiro atoms. The molecule has 0 aromatic heterocycles. The molecule has 114 valence electrons. The van der Waals surface area contributed by atoms with Gasteiger partial charge in [-0.05, 0) is 31.7 Å². The van der Waals surface area contributed by atoms with Crippen LogP contribution in [0.25, 0.3) is 0 Å². The van der Waals surface area contributed by atoms with Gasteiger partial charge in [0.1, 0.15) is 5.75 Å². The maximum atomic E-state index is 11.6. The highest BCUT2D eigenvalue weighted by molar-refractivity contribution is 6.32. The molecule has 2 N–H and O–H groups in total. The number of halogens is 1. The van der Waals surface area contributed by atoms with Gasteiger partial charge in [-0.1, -0.05) is 23.7 Å². The molecule has 3 rings (SSSR count). The molecule has 0 aliphatic heterocycles. The third-order valence-corrected chi connectivity index (χ3v) is 4.02. The first kappa shape index (κ1) is 14.7. The number of ether oxygens (including phenoxy) is 1. The largest absolute Gasteiger partial charge is 0.491 e. The summed E-state index contributed by atoms with van der Waals surface area (Å²) in [5.41, 5.74) is 1.05. The molecule has 1 aromatic carbocycles. The number of amides is 1. The lowest BCUT2D eigenvalue weighted by atomic mass is 10.2. The molecule has 0 bridgehead atoms. The molecule has 2 aliphatic carbocycles. The van der Waals surface area contributed by atoms with Crippen LogP contribution in [-0.2, 0) is 11.3 Å². The minimum Gasteiger partial charge on any atom is -0.491 e. The van der Waals surface area contributed by atoms with Crippen LogP contribution in [-0.4, -0.2) is 24.6 Å². The molecular weight excluding hydrogens is 288 g/mol. The van der Waals surface area contributed by atoms with Crippen LogP contribution in [0.2, 0.25) is 5.02 Å². The second kappa shape index (κ2) is 6.67. The molecule has 2 saturated carbocycles. The monoisotopic (exact) mass is 308 g/mol. The van der Waals surface area contributed by atoms with Crippen molar-refractivity contribution >= 4 is 17.5 Å². The lowest BCUT2D eigenvalue weighted by Crippen LogP contribution is -2.26.